The number of hydrogen-bond acceptors (Lipinski definition) is 6. The predicted octanol–water partition coefficient (Wildman–Crippen LogP) is 5.42. The van der Waals surface area contributed by atoms with Gasteiger partial charge in [-0.05, 0) is 48.2 Å². The Hall–Kier alpha value is -3.17. The van der Waals surface area contributed by atoms with Crippen molar-refractivity contribution < 1.29 is 14.5 Å². The van der Waals surface area contributed by atoms with Crippen molar-refractivity contribution in [2.75, 3.05) is 10.6 Å². The van der Waals surface area contributed by atoms with Gasteiger partial charge >= 0.3 is 0 Å². The van der Waals surface area contributed by atoms with Gasteiger partial charge in [0.15, 0.2) is 0 Å². The summed E-state index contributed by atoms with van der Waals surface area (Å²) in [5.41, 5.74) is 1.13. The lowest BCUT2D eigenvalue weighted by molar-refractivity contribution is -0.384. The Morgan fingerprint density at radius 2 is 1.83 bits per heavy atom. The molecule has 154 valence electrons. The molecule has 2 N–H and O–H groups in total. The van der Waals surface area contributed by atoms with Crippen LogP contribution >= 0.6 is 23.1 Å². The number of nitro groups is 1. The summed E-state index contributed by atoms with van der Waals surface area (Å²) in [7, 11) is 0. The summed E-state index contributed by atoms with van der Waals surface area (Å²) in [6.45, 7) is 1.91. The van der Waals surface area contributed by atoms with Gasteiger partial charge < -0.3 is 10.6 Å². The van der Waals surface area contributed by atoms with Crippen LogP contribution < -0.4 is 10.6 Å². The van der Waals surface area contributed by atoms with Crippen LogP contribution in [0.3, 0.4) is 0 Å². The third-order valence-corrected chi connectivity index (χ3v) is 6.35. The van der Waals surface area contributed by atoms with E-state index in [1.165, 1.54) is 47.4 Å². The van der Waals surface area contributed by atoms with E-state index < -0.39 is 4.92 Å². The number of thioether (sulfide) groups is 1. The van der Waals surface area contributed by atoms with Gasteiger partial charge in [0, 0.05) is 28.4 Å². The first kappa shape index (κ1) is 21.5. The monoisotopic (exact) mass is 441 g/mol. The molecule has 0 saturated carbocycles. The molecule has 3 aromatic rings. The molecule has 3 rings (SSSR count). The number of nitrogens with zero attached hydrogens (tertiary/aromatic N) is 1. The molecule has 0 aliphatic carbocycles. The summed E-state index contributed by atoms with van der Waals surface area (Å²) in [5, 5.41) is 17.9. The molecule has 30 heavy (non-hydrogen) atoms. The number of anilines is 2. The minimum absolute atomic E-state index is 0.0316. The second kappa shape index (κ2) is 10.0. The van der Waals surface area contributed by atoms with Gasteiger partial charge in [0.1, 0.15) is 0 Å². The van der Waals surface area contributed by atoms with E-state index in [0.29, 0.717) is 22.7 Å². The number of carbonyl (C=O) groups excluding carboxylic acids is 2. The highest BCUT2D eigenvalue weighted by Crippen LogP contribution is 2.29. The first-order chi connectivity index (χ1) is 14.5. The fourth-order valence-electron chi connectivity index (χ4n) is 2.62. The summed E-state index contributed by atoms with van der Waals surface area (Å²) in [6.07, 6.45) is 0.593. The van der Waals surface area contributed by atoms with Gasteiger partial charge in [-0.25, -0.2) is 0 Å². The first-order valence-corrected chi connectivity index (χ1v) is 10.9. The van der Waals surface area contributed by atoms with E-state index in [-0.39, 0.29) is 22.8 Å². The molecule has 0 spiro atoms. The number of non-ortho nitro benzene ring substituents is 1. The standard InChI is InChI=1S/C21H19N3O4S2/c1-2-18(20(25)22-14-8-10-16(11-9-14)24(27)28)30-17-6-3-5-15(13-17)23-21(26)19-7-4-12-29-19/h3-13,18H,2H2,1H3,(H,22,25)(H,23,26). The Balaban J connectivity index is 1.63. The molecule has 7 nitrogen and oxygen atoms in total. The van der Waals surface area contributed by atoms with Crippen molar-refractivity contribution >= 4 is 52.0 Å². The highest BCUT2D eigenvalue weighted by Gasteiger charge is 2.19. The molecule has 9 heteroatoms. The van der Waals surface area contributed by atoms with Crippen molar-refractivity contribution in [3.8, 4) is 0 Å². The molecule has 0 bridgehead atoms. The van der Waals surface area contributed by atoms with Crippen LogP contribution in [0, 0.1) is 10.1 Å². The summed E-state index contributed by atoms with van der Waals surface area (Å²) < 4.78 is 0. The number of nitrogens with one attached hydrogen (secondary N) is 2. The molecule has 2 aromatic carbocycles. The maximum absolute atomic E-state index is 12.7. The van der Waals surface area contributed by atoms with Crippen molar-refractivity contribution in [2.24, 2.45) is 0 Å². The topological polar surface area (TPSA) is 101 Å². The summed E-state index contributed by atoms with van der Waals surface area (Å²) in [5.74, 6) is -0.362. The average molecular weight is 442 g/mol. The van der Waals surface area contributed by atoms with E-state index >= 15 is 0 Å². The summed E-state index contributed by atoms with van der Waals surface area (Å²) in [4.78, 5) is 36.6. The van der Waals surface area contributed by atoms with Crippen LogP contribution in [0.25, 0.3) is 0 Å². The van der Waals surface area contributed by atoms with Crippen LogP contribution in [-0.2, 0) is 4.79 Å². The second-order valence-electron chi connectivity index (χ2n) is 6.27. The van der Waals surface area contributed by atoms with Crippen molar-refractivity contribution in [1.82, 2.24) is 0 Å². The van der Waals surface area contributed by atoms with Crippen molar-refractivity contribution in [1.29, 1.82) is 0 Å². The zero-order chi connectivity index (χ0) is 21.5. The summed E-state index contributed by atoms with van der Waals surface area (Å²) in [6, 6.07) is 16.6. The van der Waals surface area contributed by atoms with E-state index in [4.69, 9.17) is 0 Å². The Morgan fingerprint density at radius 3 is 2.47 bits per heavy atom. The molecule has 0 fully saturated rings. The van der Waals surface area contributed by atoms with E-state index in [1.807, 2.05) is 36.6 Å². The number of benzene rings is 2. The third-order valence-electron chi connectivity index (χ3n) is 4.12. The Bertz CT molecular complexity index is 1040. The maximum atomic E-state index is 12.7. The number of hydrogen-bond donors (Lipinski definition) is 2. The van der Waals surface area contributed by atoms with Gasteiger partial charge in [0.05, 0.1) is 15.1 Å². The fourth-order valence-corrected chi connectivity index (χ4v) is 4.26. The molecular formula is C21H19N3O4S2. The highest BCUT2D eigenvalue weighted by molar-refractivity contribution is 8.00. The van der Waals surface area contributed by atoms with Gasteiger partial charge in [-0.3, -0.25) is 19.7 Å². The number of carbonyl (C=O) groups is 2. The van der Waals surface area contributed by atoms with Crippen LogP contribution in [0.4, 0.5) is 17.1 Å². The molecule has 2 amide bonds. The highest BCUT2D eigenvalue weighted by atomic mass is 32.2. The van der Waals surface area contributed by atoms with Gasteiger partial charge in [-0.2, -0.15) is 0 Å². The molecular weight excluding hydrogens is 422 g/mol. The number of rotatable bonds is 8. The van der Waals surface area contributed by atoms with Crippen LogP contribution in [0.2, 0.25) is 0 Å². The third kappa shape index (κ3) is 5.68. The zero-order valence-electron chi connectivity index (χ0n) is 16.0. The zero-order valence-corrected chi connectivity index (χ0v) is 17.7. The molecule has 1 aromatic heterocycles. The Kier molecular flexibility index (Phi) is 7.21. The molecule has 0 saturated heterocycles. The first-order valence-electron chi connectivity index (χ1n) is 9.13. The second-order valence-corrected chi connectivity index (χ2v) is 8.49. The molecule has 0 radical (unpaired) electrons. The van der Waals surface area contributed by atoms with E-state index in [0.717, 1.165) is 4.90 Å². The molecule has 1 heterocycles. The van der Waals surface area contributed by atoms with E-state index in [2.05, 4.69) is 10.6 Å². The van der Waals surface area contributed by atoms with Gasteiger partial charge in [0.2, 0.25) is 5.91 Å². The predicted molar refractivity (Wildman–Crippen MR) is 120 cm³/mol. The molecule has 1 unspecified atom stereocenters. The lowest BCUT2D eigenvalue weighted by Gasteiger charge is -2.15. The Morgan fingerprint density at radius 1 is 1.07 bits per heavy atom. The molecule has 1 atom stereocenters. The average Bonchev–Trinajstić information content (AvgIpc) is 3.28. The minimum Gasteiger partial charge on any atom is -0.325 e. The minimum atomic E-state index is -0.486. The van der Waals surface area contributed by atoms with Crippen molar-refractivity contribution in [3.63, 3.8) is 0 Å². The maximum Gasteiger partial charge on any atom is 0.269 e. The smallest absolute Gasteiger partial charge is 0.269 e. The van der Waals surface area contributed by atoms with Gasteiger partial charge in [0.25, 0.3) is 11.6 Å². The van der Waals surface area contributed by atoms with Gasteiger partial charge in [-0.1, -0.05) is 19.1 Å². The quantitative estimate of drug-likeness (QED) is 0.276. The molecule has 0 aliphatic heterocycles. The van der Waals surface area contributed by atoms with E-state index in [1.54, 1.807) is 12.1 Å². The van der Waals surface area contributed by atoms with Crippen LogP contribution in [-0.4, -0.2) is 22.0 Å². The SMILES string of the molecule is CCC(Sc1cccc(NC(=O)c2cccs2)c1)C(=O)Nc1ccc([N+](=O)[O-])cc1. The van der Waals surface area contributed by atoms with Crippen molar-refractivity contribution in [3.05, 3.63) is 81.0 Å². The number of thiophene rings is 1. The fraction of sp³-hybridized carbons (Fsp3) is 0.143. The van der Waals surface area contributed by atoms with E-state index in [9.17, 15) is 19.7 Å². The van der Waals surface area contributed by atoms with Crippen LogP contribution in [0.15, 0.2) is 70.9 Å². The Labute approximate surface area is 181 Å². The van der Waals surface area contributed by atoms with Gasteiger partial charge in [-0.15, -0.1) is 23.1 Å². The lowest BCUT2D eigenvalue weighted by Crippen LogP contribution is -2.24. The largest absolute Gasteiger partial charge is 0.325 e. The molecule has 0 aliphatic rings. The normalized spacial score (nSPS) is 11.5. The van der Waals surface area contributed by atoms with Crippen molar-refractivity contribution in [2.45, 2.75) is 23.5 Å². The summed E-state index contributed by atoms with van der Waals surface area (Å²) >= 11 is 2.76. The lowest BCUT2D eigenvalue weighted by atomic mass is 10.2. The number of amides is 2. The number of nitro benzene ring substituents is 1. The van der Waals surface area contributed by atoms with Crippen LogP contribution in [0.5, 0.6) is 0 Å². The van der Waals surface area contributed by atoms with Crippen LogP contribution in [0.1, 0.15) is 23.0 Å².